The van der Waals surface area contributed by atoms with E-state index in [1.54, 1.807) is 0 Å². The summed E-state index contributed by atoms with van der Waals surface area (Å²) in [6.45, 7) is 10.9. The Morgan fingerprint density at radius 3 is 1.62 bits per heavy atom. The fourth-order valence-electron chi connectivity index (χ4n) is 2.03. The molecule has 1 aliphatic carbocycles. The molecule has 0 bridgehead atoms. The highest BCUT2D eigenvalue weighted by Gasteiger charge is 2.45. The van der Waals surface area contributed by atoms with Crippen molar-refractivity contribution in [1.82, 2.24) is 0 Å². The smallest absolute Gasteiger partial charge is 0.435 e. The first-order chi connectivity index (χ1) is 6.73. The molecule has 0 unspecified atom stereocenters. The van der Waals surface area contributed by atoms with Crippen LogP contribution < -0.4 is 0 Å². The summed E-state index contributed by atoms with van der Waals surface area (Å²) in [6.07, 6.45) is 5.89. The zero-order chi connectivity index (χ0) is 12.1. The van der Waals surface area contributed by atoms with Gasteiger partial charge in [0.2, 0.25) is 0 Å². The summed E-state index contributed by atoms with van der Waals surface area (Å²) in [7, 11) is -1.14. The van der Waals surface area contributed by atoms with Crippen molar-refractivity contribution in [3.63, 3.8) is 0 Å². The van der Waals surface area contributed by atoms with E-state index in [-0.39, 0.29) is 17.0 Å². The number of hydrogen-bond donors (Lipinski definition) is 1. The Balaban J connectivity index is 0. The Kier molecular flexibility index (Phi) is 11.6. The molecular formula is C12H28BrMgOSi+2. The third-order valence-corrected chi connectivity index (χ3v) is 3.89. The Hall–Kier alpha value is 1.42. The van der Waals surface area contributed by atoms with Gasteiger partial charge < -0.3 is 4.80 Å². The van der Waals surface area contributed by atoms with Gasteiger partial charge in [-0.25, -0.2) is 0 Å². The van der Waals surface area contributed by atoms with Crippen LogP contribution in [-0.2, 0) is 0 Å². The molecule has 4 heteroatoms. The monoisotopic (exact) mass is 319 g/mol. The first-order valence-corrected chi connectivity index (χ1v) is 9.89. The Labute approximate surface area is 127 Å². The Morgan fingerprint density at radius 1 is 1.06 bits per heavy atom. The standard InChI is InChI=1S/C10H19.C2H8OSi.BrH.Mg/c1-10(2,3)9-7-5-4-6-8-9;1-4(2)3;;/h4,9H,5-8H2,1-3H3;3-4H,1-2H3;1H;/q;;;+2. The molecule has 0 heterocycles. The van der Waals surface area contributed by atoms with E-state index in [9.17, 15) is 0 Å². The van der Waals surface area contributed by atoms with E-state index in [4.69, 9.17) is 4.80 Å². The molecule has 1 saturated carbocycles. The Morgan fingerprint density at radius 2 is 1.38 bits per heavy atom. The molecule has 1 N–H and O–H groups in total. The van der Waals surface area contributed by atoms with Crippen LogP contribution in [0.25, 0.3) is 0 Å². The lowest BCUT2D eigenvalue weighted by Gasteiger charge is -2.32. The second-order valence-corrected chi connectivity index (χ2v) is 9.52. The summed E-state index contributed by atoms with van der Waals surface area (Å²) < 4.78 is 1.02. The van der Waals surface area contributed by atoms with Gasteiger partial charge in [-0.05, 0) is 37.3 Å². The van der Waals surface area contributed by atoms with E-state index in [0.29, 0.717) is 5.41 Å². The molecule has 0 aromatic rings. The first-order valence-electron chi connectivity index (χ1n) is 6.24. The highest BCUT2D eigenvalue weighted by molar-refractivity contribution is 8.93. The zero-order valence-electron chi connectivity index (χ0n) is 11.6. The van der Waals surface area contributed by atoms with E-state index < -0.39 is 9.04 Å². The van der Waals surface area contributed by atoms with E-state index in [2.05, 4.69) is 42.5 Å². The molecule has 1 aliphatic rings. The predicted octanol–water partition coefficient (Wildman–Crippen LogP) is 3.72. The van der Waals surface area contributed by atoms with Crippen LogP contribution in [0.15, 0.2) is 0 Å². The molecular weight excluding hydrogens is 292 g/mol. The normalized spacial score (nSPS) is 25.5. The predicted molar refractivity (Wildman–Crippen MR) is 82.3 cm³/mol. The van der Waals surface area contributed by atoms with Crippen molar-refractivity contribution in [2.75, 3.05) is 0 Å². The molecule has 0 atom stereocenters. The average Bonchev–Trinajstić information content (AvgIpc) is 2.01. The van der Waals surface area contributed by atoms with Crippen LogP contribution in [0.2, 0.25) is 17.1 Å². The summed E-state index contributed by atoms with van der Waals surface area (Å²) in [5, 5.41) is 0. The van der Waals surface area contributed by atoms with Crippen molar-refractivity contribution in [3.8, 4) is 0 Å². The summed E-state index contributed by atoms with van der Waals surface area (Å²) in [6, 6.07) is 0. The minimum atomic E-state index is -1.14. The molecule has 1 fully saturated rings. The van der Waals surface area contributed by atoms with Gasteiger partial charge in [-0.3, -0.25) is 0 Å². The zero-order valence-corrected chi connectivity index (χ0v) is 15.9. The van der Waals surface area contributed by atoms with Crippen LogP contribution in [0.1, 0.15) is 46.5 Å². The topological polar surface area (TPSA) is 20.2 Å². The van der Waals surface area contributed by atoms with Crippen molar-refractivity contribution in [1.29, 1.82) is 0 Å². The fourth-order valence-corrected chi connectivity index (χ4v) is 2.50. The molecule has 0 amide bonds. The highest BCUT2D eigenvalue weighted by atomic mass is 79.9. The SMILES string of the molecule is Br.CC(C)(C)[C@H]1CC[C@H]([Mg+2])CC1.C[SiH](C)O. The fraction of sp³-hybridized carbons (Fsp3) is 1.00. The van der Waals surface area contributed by atoms with Gasteiger partial charge in [0.25, 0.3) is 4.05 Å². The summed E-state index contributed by atoms with van der Waals surface area (Å²) >= 11 is 2.20. The molecule has 93 valence electrons. The lowest BCUT2D eigenvalue weighted by atomic mass is 9.72. The molecule has 7 radical (unpaired) electrons. The maximum atomic E-state index is 8.19. The van der Waals surface area contributed by atoms with Gasteiger partial charge in [0.1, 0.15) is 0 Å². The van der Waals surface area contributed by atoms with Crippen LogP contribution in [-0.4, -0.2) is 35.5 Å². The van der Waals surface area contributed by atoms with Crippen LogP contribution in [0.3, 0.4) is 0 Å². The van der Waals surface area contributed by atoms with Gasteiger partial charge >= 0.3 is 21.7 Å². The molecule has 1 nitrogen and oxygen atoms in total. The van der Waals surface area contributed by atoms with Gasteiger partial charge in [0.15, 0.2) is 9.04 Å². The third-order valence-electron chi connectivity index (χ3n) is 3.07. The van der Waals surface area contributed by atoms with E-state index in [1.165, 1.54) is 25.7 Å². The van der Waals surface area contributed by atoms with Crippen LogP contribution in [0.4, 0.5) is 0 Å². The third kappa shape index (κ3) is 10.6. The van der Waals surface area contributed by atoms with Gasteiger partial charge in [-0.15, -0.1) is 17.0 Å². The van der Waals surface area contributed by atoms with Crippen LogP contribution in [0.5, 0.6) is 0 Å². The summed E-state index contributed by atoms with van der Waals surface area (Å²) in [4.78, 5) is 8.19. The van der Waals surface area contributed by atoms with Crippen molar-refractivity contribution in [3.05, 3.63) is 0 Å². The van der Waals surface area contributed by atoms with E-state index >= 15 is 0 Å². The van der Waals surface area contributed by atoms with Gasteiger partial charge in [0.05, 0.1) is 0 Å². The number of rotatable bonds is 0. The maximum Gasteiger partial charge on any atom is 1.42 e. The van der Waals surface area contributed by atoms with E-state index in [0.717, 1.165) is 9.97 Å². The Bertz CT molecular complexity index is 160. The maximum absolute atomic E-state index is 8.19. The molecule has 1 rings (SSSR count). The minimum absolute atomic E-state index is 0. The van der Waals surface area contributed by atoms with Gasteiger partial charge in [-0.2, -0.15) is 0 Å². The van der Waals surface area contributed by atoms with Crippen molar-refractivity contribution < 1.29 is 4.80 Å². The highest BCUT2D eigenvalue weighted by Crippen LogP contribution is 2.40. The average molecular weight is 321 g/mol. The molecule has 16 heavy (non-hydrogen) atoms. The molecule has 0 aliphatic heterocycles. The lowest BCUT2D eigenvalue weighted by molar-refractivity contribution is 0.180. The molecule has 0 aromatic heterocycles. The quantitative estimate of drug-likeness (QED) is 0.675. The first kappa shape index (κ1) is 19.8. The van der Waals surface area contributed by atoms with E-state index in [1.807, 2.05) is 13.1 Å². The second kappa shape index (κ2) is 9.37. The second-order valence-electron chi connectivity index (χ2n) is 6.18. The van der Waals surface area contributed by atoms with Gasteiger partial charge in [0, 0.05) is 12.8 Å². The largest absolute Gasteiger partial charge is 1.42 e. The number of hydrogen-bond acceptors (Lipinski definition) is 1. The molecule has 0 saturated heterocycles. The minimum Gasteiger partial charge on any atom is -0.435 e. The molecule has 0 aromatic carbocycles. The number of halogens is 1. The summed E-state index contributed by atoms with van der Waals surface area (Å²) in [5.74, 6) is 0.989. The van der Waals surface area contributed by atoms with Crippen molar-refractivity contribution in [2.24, 2.45) is 11.3 Å². The van der Waals surface area contributed by atoms with Crippen molar-refractivity contribution in [2.45, 2.75) is 63.6 Å². The lowest BCUT2D eigenvalue weighted by Crippen LogP contribution is -2.24. The van der Waals surface area contributed by atoms with Crippen LogP contribution in [0, 0.1) is 11.3 Å². The van der Waals surface area contributed by atoms with Crippen LogP contribution >= 0.6 is 17.0 Å². The summed E-state index contributed by atoms with van der Waals surface area (Å²) in [5.41, 5.74) is 0.559. The van der Waals surface area contributed by atoms with Crippen molar-refractivity contribution >= 4 is 47.7 Å². The molecule has 0 spiro atoms. The van der Waals surface area contributed by atoms with Gasteiger partial charge in [-0.1, -0.05) is 20.8 Å².